The first kappa shape index (κ1) is 13.0. The Morgan fingerprint density at radius 1 is 1.44 bits per heavy atom. The van der Waals surface area contributed by atoms with Crippen molar-refractivity contribution in [2.45, 2.75) is 46.2 Å². The van der Waals surface area contributed by atoms with Crippen LogP contribution in [0.4, 0.5) is 5.82 Å². The zero-order valence-corrected chi connectivity index (χ0v) is 11.3. The lowest BCUT2D eigenvalue weighted by molar-refractivity contribution is 0.459. The highest BCUT2D eigenvalue weighted by molar-refractivity contribution is 5.51. The number of aryl methyl sites for hydroxylation is 2. The summed E-state index contributed by atoms with van der Waals surface area (Å²) in [4.78, 5) is 2.27. The Bertz CT molecular complexity index is 365. The van der Waals surface area contributed by atoms with Crippen LogP contribution >= 0.6 is 0 Å². The molecule has 0 atom stereocenters. The Labute approximate surface area is 98.4 Å². The second kappa shape index (κ2) is 4.45. The molecule has 0 amide bonds. The summed E-state index contributed by atoms with van der Waals surface area (Å²) in [5.41, 5.74) is 8.09. The molecule has 1 heterocycles. The minimum atomic E-state index is 0.115. The maximum atomic E-state index is 5.81. The normalized spacial score (nSPS) is 11.9. The molecule has 0 aromatic carbocycles. The third-order valence-electron chi connectivity index (χ3n) is 3.61. The van der Waals surface area contributed by atoms with E-state index in [2.05, 4.69) is 37.8 Å². The van der Waals surface area contributed by atoms with Crippen molar-refractivity contribution in [3.63, 3.8) is 0 Å². The fourth-order valence-electron chi connectivity index (χ4n) is 1.87. The van der Waals surface area contributed by atoms with Crippen molar-refractivity contribution in [2.24, 2.45) is 12.8 Å². The average Bonchev–Trinajstić information content (AvgIpc) is 2.51. The molecule has 92 valence electrons. The molecule has 1 aromatic heterocycles. The minimum Gasteiger partial charge on any atom is -0.355 e. The van der Waals surface area contributed by atoms with E-state index in [1.807, 2.05) is 18.7 Å². The maximum Gasteiger partial charge on any atom is 0.131 e. The number of nitrogens with two attached hydrogens (primary N) is 1. The highest BCUT2D eigenvalue weighted by Crippen LogP contribution is 2.28. The summed E-state index contributed by atoms with van der Waals surface area (Å²) in [7, 11) is 4.09. The number of aromatic nitrogens is 2. The summed E-state index contributed by atoms with van der Waals surface area (Å²) in [6.07, 6.45) is 1.08. The first-order valence-corrected chi connectivity index (χ1v) is 5.81. The van der Waals surface area contributed by atoms with E-state index in [4.69, 9.17) is 5.73 Å². The van der Waals surface area contributed by atoms with E-state index in [1.165, 1.54) is 0 Å². The van der Waals surface area contributed by atoms with Gasteiger partial charge in [-0.05, 0) is 27.2 Å². The molecule has 0 bridgehead atoms. The Morgan fingerprint density at radius 2 is 2.00 bits per heavy atom. The second-order valence-corrected chi connectivity index (χ2v) is 4.94. The van der Waals surface area contributed by atoms with Crippen LogP contribution < -0.4 is 10.6 Å². The topological polar surface area (TPSA) is 47.1 Å². The van der Waals surface area contributed by atoms with Crippen molar-refractivity contribution in [3.8, 4) is 0 Å². The van der Waals surface area contributed by atoms with E-state index in [1.54, 1.807) is 0 Å². The van der Waals surface area contributed by atoms with Gasteiger partial charge in [0, 0.05) is 31.7 Å². The van der Waals surface area contributed by atoms with Gasteiger partial charge in [0.15, 0.2) is 0 Å². The van der Waals surface area contributed by atoms with Crippen LogP contribution in [0.15, 0.2) is 0 Å². The molecule has 2 N–H and O–H groups in total. The molecule has 16 heavy (non-hydrogen) atoms. The molecular formula is C12H24N4. The van der Waals surface area contributed by atoms with Crippen molar-refractivity contribution in [2.75, 3.05) is 11.9 Å². The fraction of sp³-hybridized carbons (Fsp3) is 0.750. The van der Waals surface area contributed by atoms with Gasteiger partial charge in [0.1, 0.15) is 5.82 Å². The molecule has 1 rings (SSSR count). The summed E-state index contributed by atoms with van der Waals surface area (Å²) in [6.45, 7) is 9.21. The van der Waals surface area contributed by atoms with Gasteiger partial charge in [-0.15, -0.1) is 0 Å². The summed E-state index contributed by atoms with van der Waals surface area (Å²) < 4.78 is 1.93. The smallest absolute Gasteiger partial charge is 0.131 e. The zero-order chi connectivity index (χ0) is 12.5. The summed E-state index contributed by atoms with van der Waals surface area (Å²) in [6, 6.07) is 0. The maximum absolute atomic E-state index is 5.81. The van der Waals surface area contributed by atoms with Crippen LogP contribution in [0.25, 0.3) is 0 Å². The summed E-state index contributed by atoms with van der Waals surface area (Å²) in [5.74, 6) is 1.13. The number of hydrogen-bond acceptors (Lipinski definition) is 3. The molecule has 0 aliphatic carbocycles. The molecule has 0 saturated carbocycles. The van der Waals surface area contributed by atoms with Gasteiger partial charge in [0.2, 0.25) is 0 Å². The molecule has 0 spiro atoms. The van der Waals surface area contributed by atoms with Crippen LogP contribution in [0, 0.1) is 6.92 Å². The predicted octanol–water partition coefficient (Wildman–Crippen LogP) is 1.81. The first-order chi connectivity index (χ1) is 7.35. The SMILES string of the molecule is CCC(C)(C)N(C)c1c(CN)c(C)nn1C. The van der Waals surface area contributed by atoms with Crippen LogP contribution in [-0.4, -0.2) is 22.4 Å². The molecule has 0 fully saturated rings. The molecule has 1 aromatic rings. The third kappa shape index (κ3) is 2.07. The Kier molecular flexibility index (Phi) is 3.63. The first-order valence-electron chi connectivity index (χ1n) is 5.81. The molecular weight excluding hydrogens is 200 g/mol. The van der Waals surface area contributed by atoms with E-state index < -0.39 is 0 Å². The van der Waals surface area contributed by atoms with Gasteiger partial charge in [0.25, 0.3) is 0 Å². The van der Waals surface area contributed by atoms with Gasteiger partial charge in [-0.3, -0.25) is 4.68 Å². The Hall–Kier alpha value is -1.03. The van der Waals surface area contributed by atoms with Crippen LogP contribution in [0.2, 0.25) is 0 Å². The number of anilines is 1. The molecule has 4 heteroatoms. The van der Waals surface area contributed by atoms with Gasteiger partial charge in [0.05, 0.1) is 5.69 Å². The largest absolute Gasteiger partial charge is 0.355 e. The molecule has 0 radical (unpaired) electrons. The van der Waals surface area contributed by atoms with Gasteiger partial charge in [-0.2, -0.15) is 5.10 Å². The van der Waals surface area contributed by atoms with Crippen LogP contribution in [-0.2, 0) is 13.6 Å². The molecule has 0 unspecified atom stereocenters. The van der Waals surface area contributed by atoms with Crippen LogP contribution in [0.3, 0.4) is 0 Å². The lowest BCUT2D eigenvalue weighted by Gasteiger charge is -2.37. The Balaban J connectivity index is 3.22. The molecule has 0 aliphatic rings. The average molecular weight is 224 g/mol. The van der Waals surface area contributed by atoms with Gasteiger partial charge >= 0.3 is 0 Å². The van der Waals surface area contributed by atoms with Crippen LogP contribution in [0.5, 0.6) is 0 Å². The highest BCUT2D eigenvalue weighted by atomic mass is 15.4. The highest BCUT2D eigenvalue weighted by Gasteiger charge is 2.26. The van der Waals surface area contributed by atoms with Crippen molar-refractivity contribution in [1.82, 2.24) is 9.78 Å². The zero-order valence-electron chi connectivity index (χ0n) is 11.3. The van der Waals surface area contributed by atoms with E-state index >= 15 is 0 Å². The minimum absolute atomic E-state index is 0.115. The predicted molar refractivity (Wildman–Crippen MR) is 68.6 cm³/mol. The monoisotopic (exact) mass is 224 g/mol. The molecule has 0 aliphatic heterocycles. The lowest BCUT2D eigenvalue weighted by atomic mass is 9.99. The van der Waals surface area contributed by atoms with E-state index in [0.717, 1.165) is 23.5 Å². The fourth-order valence-corrected chi connectivity index (χ4v) is 1.87. The number of hydrogen-bond donors (Lipinski definition) is 1. The Morgan fingerprint density at radius 3 is 2.44 bits per heavy atom. The van der Waals surface area contributed by atoms with Gasteiger partial charge < -0.3 is 10.6 Å². The lowest BCUT2D eigenvalue weighted by Crippen LogP contribution is -2.42. The standard InChI is InChI=1S/C12H24N4/c1-7-12(3,4)15(5)11-10(8-13)9(2)14-16(11)6/h7-8,13H2,1-6H3. The van der Waals surface area contributed by atoms with Crippen molar-refractivity contribution in [3.05, 3.63) is 11.3 Å². The van der Waals surface area contributed by atoms with Gasteiger partial charge in [-0.1, -0.05) is 6.92 Å². The number of rotatable bonds is 4. The summed E-state index contributed by atoms with van der Waals surface area (Å²) >= 11 is 0. The van der Waals surface area contributed by atoms with E-state index in [-0.39, 0.29) is 5.54 Å². The van der Waals surface area contributed by atoms with E-state index in [0.29, 0.717) is 6.54 Å². The van der Waals surface area contributed by atoms with Crippen molar-refractivity contribution in [1.29, 1.82) is 0 Å². The number of nitrogens with zero attached hydrogens (tertiary/aromatic N) is 3. The van der Waals surface area contributed by atoms with Crippen LogP contribution in [0.1, 0.15) is 38.4 Å². The third-order valence-corrected chi connectivity index (χ3v) is 3.61. The second-order valence-electron chi connectivity index (χ2n) is 4.94. The van der Waals surface area contributed by atoms with Gasteiger partial charge in [-0.25, -0.2) is 0 Å². The molecule has 4 nitrogen and oxygen atoms in total. The van der Waals surface area contributed by atoms with Crippen molar-refractivity contribution < 1.29 is 0 Å². The van der Waals surface area contributed by atoms with Crippen molar-refractivity contribution >= 4 is 5.82 Å². The summed E-state index contributed by atoms with van der Waals surface area (Å²) in [5, 5.41) is 4.45. The molecule has 0 saturated heterocycles. The van der Waals surface area contributed by atoms with E-state index in [9.17, 15) is 0 Å². The quantitative estimate of drug-likeness (QED) is 0.848.